The quantitative estimate of drug-likeness (QED) is 0.483. The zero-order valence-electron chi connectivity index (χ0n) is 22.7. The van der Waals surface area contributed by atoms with Gasteiger partial charge < -0.3 is 20.3 Å². The van der Waals surface area contributed by atoms with E-state index in [9.17, 15) is 9.59 Å². The van der Waals surface area contributed by atoms with Gasteiger partial charge in [-0.3, -0.25) is 14.6 Å². The summed E-state index contributed by atoms with van der Waals surface area (Å²) in [7, 11) is 0. The highest BCUT2D eigenvalue weighted by Gasteiger charge is 2.30. The number of benzene rings is 1. The molecular formula is C28H33FN8O3. The summed E-state index contributed by atoms with van der Waals surface area (Å²) in [6, 6.07) is 5.12. The van der Waals surface area contributed by atoms with Gasteiger partial charge in [-0.05, 0) is 44.9 Å². The lowest BCUT2D eigenvalue weighted by Gasteiger charge is -2.37. The van der Waals surface area contributed by atoms with Crippen LogP contribution in [0.1, 0.15) is 41.5 Å². The number of piperazine rings is 1. The average molecular weight is 549 g/mol. The Hall–Kier alpha value is -3.90. The highest BCUT2D eigenvalue weighted by atomic mass is 19.1. The van der Waals surface area contributed by atoms with Gasteiger partial charge in [0.25, 0.3) is 5.91 Å². The van der Waals surface area contributed by atoms with Crippen LogP contribution in [0.2, 0.25) is 0 Å². The van der Waals surface area contributed by atoms with Crippen LogP contribution in [-0.4, -0.2) is 83.8 Å². The normalized spacial score (nSPS) is 19.6. The molecule has 3 aliphatic heterocycles. The molecule has 0 saturated carbocycles. The molecule has 0 unspecified atom stereocenters. The Kier molecular flexibility index (Phi) is 7.20. The Morgan fingerprint density at radius 1 is 1.23 bits per heavy atom. The molecule has 3 aliphatic rings. The molecule has 2 saturated heterocycles. The van der Waals surface area contributed by atoms with Gasteiger partial charge >= 0.3 is 6.03 Å². The topological polar surface area (TPSA) is 116 Å². The van der Waals surface area contributed by atoms with E-state index >= 15 is 4.39 Å². The largest absolute Gasteiger partial charge is 0.379 e. The summed E-state index contributed by atoms with van der Waals surface area (Å²) in [6.45, 7) is 8.80. The highest BCUT2D eigenvalue weighted by molar-refractivity contribution is 6.17. The number of hydrogen-bond acceptors (Lipinski definition) is 8. The van der Waals surface area contributed by atoms with Crippen LogP contribution in [0.3, 0.4) is 0 Å². The number of urea groups is 1. The van der Waals surface area contributed by atoms with Gasteiger partial charge in [-0.1, -0.05) is 0 Å². The van der Waals surface area contributed by atoms with Gasteiger partial charge in [-0.25, -0.2) is 24.1 Å². The van der Waals surface area contributed by atoms with Gasteiger partial charge in [0.1, 0.15) is 17.8 Å². The van der Waals surface area contributed by atoms with E-state index in [2.05, 4.69) is 35.4 Å². The van der Waals surface area contributed by atoms with Crippen molar-refractivity contribution in [2.45, 2.75) is 39.3 Å². The van der Waals surface area contributed by atoms with Crippen molar-refractivity contribution in [3.63, 3.8) is 0 Å². The number of amides is 3. The fourth-order valence-corrected chi connectivity index (χ4v) is 5.75. The molecule has 12 heteroatoms. The lowest BCUT2D eigenvalue weighted by atomic mass is 10.1. The predicted octanol–water partition coefficient (Wildman–Crippen LogP) is 3.08. The third-order valence-electron chi connectivity index (χ3n) is 7.86. The Morgan fingerprint density at radius 2 is 2.05 bits per heavy atom. The number of halogens is 1. The molecule has 1 atom stereocenters. The fraction of sp³-hybridized carbons (Fsp3) is 0.464. The highest BCUT2D eigenvalue weighted by Crippen LogP contribution is 2.38. The van der Waals surface area contributed by atoms with Crippen LogP contribution in [0.5, 0.6) is 0 Å². The molecule has 2 aromatic heterocycles. The standard InChI is InChI=1S/C28H33FN8O3/c1-3-37-26-23-21(30-16-31-26)13-18(24(29)25(23)34-28(37)39)14-35-8-10-36(11-9-35)22-7-6-20(32-17(22)2)27(38)33-19-5-4-12-40-15-19/h6-7,13,16,19H,3-5,8-12,14-15H2,1-2H3,(H,33,38)(H,34,39)/t19-/m0/s1. The summed E-state index contributed by atoms with van der Waals surface area (Å²) in [5.74, 6) is -0.188. The number of aromatic nitrogens is 3. The Balaban J connectivity index is 1.12. The van der Waals surface area contributed by atoms with Crippen LogP contribution in [0.4, 0.5) is 26.4 Å². The van der Waals surface area contributed by atoms with Crippen molar-refractivity contribution in [2.24, 2.45) is 0 Å². The zero-order chi connectivity index (χ0) is 27.8. The molecule has 6 rings (SSSR count). The van der Waals surface area contributed by atoms with Gasteiger partial charge in [-0.2, -0.15) is 0 Å². The molecule has 5 heterocycles. The van der Waals surface area contributed by atoms with Gasteiger partial charge in [0, 0.05) is 51.4 Å². The van der Waals surface area contributed by atoms with E-state index in [0.29, 0.717) is 47.7 Å². The van der Waals surface area contributed by atoms with Gasteiger partial charge in [0.15, 0.2) is 5.82 Å². The first-order valence-electron chi connectivity index (χ1n) is 13.8. The van der Waals surface area contributed by atoms with Crippen LogP contribution >= 0.6 is 0 Å². The maximum absolute atomic E-state index is 15.6. The number of nitrogens with one attached hydrogen (secondary N) is 2. The minimum Gasteiger partial charge on any atom is -0.379 e. The maximum Gasteiger partial charge on any atom is 0.327 e. The number of pyridine rings is 1. The summed E-state index contributed by atoms with van der Waals surface area (Å²) in [5, 5.41) is 6.25. The molecule has 2 fully saturated rings. The Bertz CT molecular complexity index is 1450. The monoisotopic (exact) mass is 548 g/mol. The van der Waals surface area contributed by atoms with Crippen molar-refractivity contribution in [3.05, 3.63) is 47.3 Å². The average Bonchev–Trinajstić information content (AvgIpc) is 2.96. The van der Waals surface area contributed by atoms with Gasteiger partial charge in [-0.15, -0.1) is 0 Å². The molecule has 0 radical (unpaired) electrons. The number of ether oxygens (including phenoxy) is 1. The van der Waals surface area contributed by atoms with Crippen LogP contribution in [0.25, 0.3) is 10.9 Å². The van der Waals surface area contributed by atoms with Crippen molar-refractivity contribution >= 4 is 40.0 Å². The molecule has 1 aromatic carbocycles. The minimum atomic E-state index is -0.441. The summed E-state index contributed by atoms with van der Waals surface area (Å²) < 4.78 is 21.1. The second-order valence-corrected chi connectivity index (χ2v) is 10.4. The number of rotatable bonds is 6. The van der Waals surface area contributed by atoms with E-state index in [0.717, 1.165) is 57.0 Å². The molecule has 11 nitrogen and oxygen atoms in total. The molecule has 0 spiro atoms. The predicted molar refractivity (Wildman–Crippen MR) is 149 cm³/mol. The summed E-state index contributed by atoms with van der Waals surface area (Å²) in [6.07, 6.45) is 3.28. The molecular weight excluding hydrogens is 515 g/mol. The van der Waals surface area contributed by atoms with E-state index in [-0.39, 0.29) is 17.6 Å². The first-order valence-corrected chi connectivity index (χ1v) is 13.8. The van der Waals surface area contributed by atoms with Crippen LogP contribution in [0, 0.1) is 12.7 Å². The lowest BCUT2D eigenvalue weighted by Crippen LogP contribution is -2.46. The second kappa shape index (κ2) is 10.9. The number of aryl methyl sites for hydroxylation is 1. The van der Waals surface area contributed by atoms with Crippen molar-refractivity contribution < 1.29 is 18.7 Å². The van der Waals surface area contributed by atoms with E-state index < -0.39 is 11.8 Å². The molecule has 2 N–H and O–H groups in total. The second-order valence-electron chi connectivity index (χ2n) is 10.4. The summed E-state index contributed by atoms with van der Waals surface area (Å²) in [5.41, 5.74) is 3.44. The molecule has 0 bridgehead atoms. The van der Waals surface area contributed by atoms with Gasteiger partial charge in [0.2, 0.25) is 0 Å². The van der Waals surface area contributed by atoms with Crippen molar-refractivity contribution in [1.29, 1.82) is 0 Å². The maximum atomic E-state index is 15.6. The number of carbonyl (C=O) groups excluding carboxylic acids is 2. The SMILES string of the molecule is CCN1C(=O)Nc2c(F)c(CN3CCN(c4ccc(C(=O)N[C@H]5CCCOC5)nc4C)CC3)cc3ncnc1c23. The number of nitrogens with zero attached hydrogens (tertiary/aromatic N) is 6. The molecule has 0 aliphatic carbocycles. The number of carbonyl (C=O) groups is 2. The Labute approximate surface area is 231 Å². The zero-order valence-corrected chi connectivity index (χ0v) is 22.7. The molecule has 210 valence electrons. The van der Waals surface area contributed by atoms with Crippen molar-refractivity contribution in [2.75, 3.05) is 61.1 Å². The minimum absolute atomic E-state index is 0.0271. The Morgan fingerprint density at radius 3 is 2.77 bits per heavy atom. The smallest absolute Gasteiger partial charge is 0.327 e. The molecule has 3 aromatic rings. The summed E-state index contributed by atoms with van der Waals surface area (Å²) >= 11 is 0. The fourth-order valence-electron chi connectivity index (χ4n) is 5.75. The molecule has 3 amide bonds. The van der Waals surface area contributed by atoms with Crippen molar-refractivity contribution in [3.8, 4) is 0 Å². The van der Waals surface area contributed by atoms with Crippen LogP contribution in [0.15, 0.2) is 24.5 Å². The third-order valence-corrected chi connectivity index (χ3v) is 7.86. The van der Waals surface area contributed by atoms with E-state index in [1.54, 1.807) is 12.1 Å². The molecule has 40 heavy (non-hydrogen) atoms. The number of anilines is 3. The van der Waals surface area contributed by atoms with E-state index in [1.807, 2.05) is 19.9 Å². The number of hydrogen-bond donors (Lipinski definition) is 2. The first kappa shape index (κ1) is 26.3. The lowest BCUT2D eigenvalue weighted by molar-refractivity contribution is 0.0622. The van der Waals surface area contributed by atoms with Crippen LogP contribution in [-0.2, 0) is 11.3 Å². The third kappa shape index (κ3) is 4.92. The van der Waals surface area contributed by atoms with E-state index in [1.165, 1.54) is 11.2 Å². The van der Waals surface area contributed by atoms with E-state index in [4.69, 9.17) is 4.74 Å². The van der Waals surface area contributed by atoms with Crippen molar-refractivity contribution in [1.82, 2.24) is 25.2 Å². The summed E-state index contributed by atoms with van der Waals surface area (Å²) in [4.78, 5) is 44.4. The van der Waals surface area contributed by atoms with Gasteiger partial charge in [0.05, 0.1) is 40.6 Å². The van der Waals surface area contributed by atoms with Crippen LogP contribution < -0.4 is 20.4 Å². The first-order chi connectivity index (χ1) is 19.4.